The highest BCUT2D eigenvalue weighted by Gasteiger charge is 2.25. The van der Waals surface area contributed by atoms with Crippen molar-refractivity contribution in [2.24, 2.45) is 27.9 Å². The summed E-state index contributed by atoms with van der Waals surface area (Å²) >= 11 is 0. The molecule has 0 radical (unpaired) electrons. The van der Waals surface area contributed by atoms with Crippen LogP contribution in [0.25, 0.3) is 0 Å². The zero-order valence-corrected chi connectivity index (χ0v) is 17.4. The summed E-state index contributed by atoms with van der Waals surface area (Å²) < 4.78 is 0. The molecule has 0 aliphatic rings. The fourth-order valence-corrected chi connectivity index (χ4v) is 2.66. The second-order valence-corrected chi connectivity index (χ2v) is 6.83. The molecule has 11 nitrogen and oxygen atoms in total. The van der Waals surface area contributed by atoms with Gasteiger partial charge < -0.3 is 38.9 Å². The topological polar surface area (TPSA) is 204 Å². The number of guanidine groups is 1. The molecule has 3 amide bonds. The van der Waals surface area contributed by atoms with Gasteiger partial charge in [0.25, 0.3) is 0 Å². The van der Waals surface area contributed by atoms with E-state index in [-0.39, 0.29) is 23.7 Å². The van der Waals surface area contributed by atoms with Gasteiger partial charge in [-0.05, 0) is 58.0 Å². The van der Waals surface area contributed by atoms with E-state index in [1.54, 1.807) is 0 Å². The van der Waals surface area contributed by atoms with E-state index in [0.717, 1.165) is 12.8 Å². The molecule has 11 N–H and O–H groups in total. The molecule has 2 atom stereocenters. The fraction of sp³-hybridized carbons (Fsp3) is 0.778. The lowest BCUT2D eigenvalue weighted by atomic mass is 10.1. The van der Waals surface area contributed by atoms with Crippen molar-refractivity contribution in [2.45, 2.75) is 64.0 Å². The molecule has 0 rings (SSSR count). The van der Waals surface area contributed by atoms with E-state index in [9.17, 15) is 14.4 Å². The average Bonchev–Trinajstić information content (AvgIpc) is 2.65. The van der Waals surface area contributed by atoms with Gasteiger partial charge in [-0.1, -0.05) is 0 Å². The van der Waals surface area contributed by atoms with E-state index in [1.807, 2.05) is 0 Å². The van der Waals surface area contributed by atoms with Gasteiger partial charge in [-0.15, -0.1) is 0 Å². The van der Waals surface area contributed by atoms with Crippen molar-refractivity contribution >= 4 is 23.7 Å². The average molecular weight is 415 g/mol. The molecule has 0 bridgehead atoms. The molecule has 0 saturated heterocycles. The number of carbonyl (C=O) groups is 3. The predicted molar refractivity (Wildman–Crippen MR) is 114 cm³/mol. The van der Waals surface area contributed by atoms with Crippen molar-refractivity contribution in [2.75, 3.05) is 26.2 Å². The lowest BCUT2D eigenvalue weighted by Crippen LogP contribution is -2.53. The van der Waals surface area contributed by atoms with Crippen LogP contribution in [0.2, 0.25) is 0 Å². The van der Waals surface area contributed by atoms with Crippen LogP contribution in [0.15, 0.2) is 4.99 Å². The van der Waals surface area contributed by atoms with Gasteiger partial charge in [0.05, 0.1) is 0 Å². The van der Waals surface area contributed by atoms with Gasteiger partial charge in [0, 0.05) is 20.0 Å². The Labute approximate surface area is 172 Å². The first-order chi connectivity index (χ1) is 13.8. The summed E-state index contributed by atoms with van der Waals surface area (Å²) in [6.45, 7) is 3.15. The third-order valence-electron chi connectivity index (χ3n) is 4.15. The lowest BCUT2D eigenvalue weighted by Gasteiger charge is -2.23. The van der Waals surface area contributed by atoms with E-state index in [2.05, 4.69) is 20.9 Å². The third-order valence-corrected chi connectivity index (χ3v) is 4.15. The Hall–Kier alpha value is -2.40. The molecule has 0 aliphatic heterocycles. The molecule has 0 unspecified atom stereocenters. The minimum absolute atomic E-state index is 0.00176. The zero-order chi connectivity index (χ0) is 22.1. The van der Waals surface area contributed by atoms with Crippen molar-refractivity contribution in [1.82, 2.24) is 16.0 Å². The Morgan fingerprint density at radius 1 is 0.828 bits per heavy atom. The number of aliphatic imine (C=N–C) groups is 1. The highest BCUT2D eigenvalue weighted by Crippen LogP contribution is 2.05. The number of nitrogens with one attached hydrogen (secondary N) is 3. The number of nitrogens with zero attached hydrogens (tertiary/aromatic N) is 1. The van der Waals surface area contributed by atoms with Crippen LogP contribution in [0.3, 0.4) is 0 Å². The summed E-state index contributed by atoms with van der Waals surface area (Å²) in [4.78, 5) is 40.5. The molecular formula is C18H38N8O3. The Balaban J connectivity index is 4.83. The molecule has 0 aliphatic carbocycles. The summed E-state index contributed by atoms with van der Waals surface area (Å²) in [5.74, 6) is -0.974. The van der Waals surface area contributed by atoms with Gasteiger partial charge in [0.1, 0.15) is 12.1 Å². The van der Waals surface area contributed by atoms with Gasteiger partial charge in [-0.2, -0.15) is 0 Å². The molecule has 0 spiro atoms. The summed E-state index contributed by atoms with van der Waals surface area (Å²) in [5, 5.41) is 8.18. The van der Waals surface area contributed by atoms with Crippen molar-refractivity contribution in [1.29, 1.82) is 0 Å². The Kier molecular flexibility index (Phi) is 15.2. The van der Waals surface area contributed by atoms with E-state index < -0.39 is 12.1 Å². The van der Waals surface area contributed by atoms with Gasteiger partial charge in [-0.25, -0.2) is 0 Å². The van der Waals surface area contributed by atoms with Crippen molar-refractivity contribution in [3.63, 3.8) is 0 Å². The van der Waals surface area contributed by atoms with E-state index >= 15 is 0 Å². The normalized spacial score (nSPS) is 12.5. The predicted octanol–water partition coefficient (Wildman–Crippen LogP) is -1.99. The van der Waals surface area contributed by atoms with Crippen LogP contribution in [0.4, 0.5) is 0 Å². The fourth-order valence-electron chi connectivity index (χ4n) is 2.66. The maximum Gasteiger partial charge on any atom is 0.243 e. The van der Waals surface area contributed by atoms with Gasteiger partial charge in [0.15, 0.2) is 5.96 Å². The molecule has 168 valence electrons. The quantitative estimate of drug-likeness (QED) is 0.0859. The van der Waals surface area contributed by atoms with Gasteiger partial charge >= 0.3 is 0 Å². The second-order valence-electron chi connectivity index (χ2n) is 6.83. The molecule has 11 heteroatoms. The number of hydrogen-bond acceptors (Lipinski definition) is 6. The summed E-state index contributed by atoms with van der Waals surface area (Å²) in [5.41, 5.74) is 21.5. The first-order valence-corrected chi connectivity index (χ1v) is 10.1. The SMILES string of the molecule is CC(=O)N[C@@H](CCCCN)C(=O)N[C@@H](CCCCN)C(=O)NCCCN=C(N)N. The van der Waals surface area contributed by atoms with Gasteiger partial charge in [0.2, 0.25) is 17.7 Å². The Morgan fingerprint density at radius 3 is 1.86 bits per heavy atom. The van der Waals surface area contributed by atoms with Crippen LogP contribution in [0.1, 0.15) is 51.9 Å². The Bertz CT molecular complexity index is 523. The van der Waals surface area contributed by atoms with Crippen LogP contribution in [-0.4, -0.2) is 61.9 Å². The van der Waals surface area contributed by atoms with Crippen molar-refractivity contribution in [3.8, 4) is 0 Å². The summed E-state index contributed by atoms with van der Waals surface area (Å²) in [6, 6.07) is -1.41. The van der Waals surface area contributed by atoms with E-state index in [1.165, 1.54) is 6.92 Å². The smallest absolute Gasteiger partial charge is 0.243 e. The molecule has 0 heterocycles. The van der Waals surface area contributed by atoms with Gasteiger partial charge in [-0.3, -0.25) is 19.4 Å². The third kappa shape index (κ3) is 14.3. The largest absolute Gasteiger partial charge is 0.370 e. The van der Waals surface area contributed by atoms with Crippen LogP contribution in [-0.2, 0) is 14.4 Å². The molecular weight excluding hydrogens is 376 g/mol. The van der Waals surface area contributed by atoms with E-state index in [0.29, 0.717) is 58.3 Å². The van der Waals surface area contributed by atoms with Crippen molar-refractivity contribution < 1.29 is 14.4 Å². The van der Waals surface area contributed by atoms with Crippen LogP contribution in [0, 0.1) is 0 Å². The summed E-state index contributed by atoms with van der Waals surface area (Å²) in [6.07, 6.45) is 4.37. The second kappa shape index (κ2) is 16.5. The number of nitrogens with two attached hydrogens (primary N) is 4. The summed E-state index contributed by atoms with van der Waals surface area (Å²) in [7, 11) is 0. The number of amides is 3. The zero-order valence-electron chi connectivity index (χ0n) is 17.4. The molecule has 29 heavy (non-hydrogen) atoms. The van der Waals surface area contributed by atoms with E-state index in [4.69, 9.17) is 22.9 Å². The first-order valence-electron chi connectivity index (χ1n) is 10.1. The van der Waals surface area contributed by atoms with Crippen LogP contribution < -0.4 is 38.9 Å². The maximum atomic E-state index is 12.7. The standard InChI is InChI=1S/C18H38N8O3/c1-13(27)25-15(8-3-5-10-20)17(29)26-14(7-2-4-9-19)16(28)23-11-6-12-24-18(21)22/h14-15H,2-12,19-20H2,1H3,(H,23,28)(H,25,27)(H,26,29)(H4,21,22,24)/t14-,15-/m0/s1. The number of carbonyl (C=O) groups excluding carboxylic acids is 3. The lowest BCUT2D eigenvalue weighted by molar-refractivity contribution is -0.132. The number of rotatable bonds is 16. The molecule has 0 aromatic carbocycles. The first kappa shape index (κ1) is 26.6. The molecule has 0 aromatic heterocycles. The van der Waals surface area contributed by atoms with Crippen LogP contribution >= 0.6 is 0 Å². The van der Waals surface area contributed by atoms with Crippen molar-refractivity contribution in [3.05, 3.63) is 0 Å². The Morgan fingerprint density at radius 2 is 1.38 bits per heavy atom. The van der Waals surface area contributed by atoms with Crippen LogP contribution in [0.5, 0.6) is 0 Å². The molecule has 0 saturated carbocycles. The minimum Gasteiger partial charge on any atom is -0.370 e. The molecule has 0 aromatic rings. The number of unbranched alkanes of at least 4 members (excludes halogenated alkanes) is 2. The minimum atomic E-state index is -0.706. The molecule has 0 fully saturated rings. The highest BCUT2D eigenvalue weighted by atomic mass is 16.2. The maximum absolute atomic E-state index is 12.7. The number of hydrogen-bond donors (Lipinski definition) is 7. The monoisotopic (exact) mass is 414 g/mol. The highest BCUT2D eigenvalue weighted by molar-refractivity contribution is 5.91.